The molecule has 2 heteroatoms. The molecular formula is C18H30O2. The van der Waals surface area contributed by atoms with Gasteiger partial charge >= 0.3 is 0 Å². The van der Waals surface area contributed by atoms with E-state index >= 15 is 0 Å². The van der Waals surface area contributed by atoms with Gasteiger partial charge in [-0.2, -0.15) is 0 Å². The highest BCUT2D eigenvalue weighted by Crippen LogP contribution is 2.32. The minimum Gasteiger partial charge on any atom is -0.394 e. The highest BCUT2D eigenvalue weighted by Gasteiger charge is 2.20. The third-order valence-electron chi connectivity index (χ3n) is 4.09. The van der Waals surface area contributed by atoms with E-state index in [9.17, 15) is 5.11 Å². The molecule has 2 nitrogen and oxygen atoms in total. The molecule has 20 heavy (non-hydrogen) atoms. The number of rotatable bonds is 6. The summed E-state index contributed by atoms with van der Waals surface area (Å²) in [5.41, 5.74) is 4.17. The number of aryl methyl sites for hydroxylation is 1. The predicted molar refractivity (Wildman–Crippen MR) is 85.3 cm³/mol. The monoisotopic (exact) mass is 278 g/mol. The highest BCUT2D eigenvalue weighted by atomic mass is 16.3. The van der Waals surface area contributed by atoms with Gasteiger partial charge in [-0.1, -0.05) is 52.8 Å². The molecule has 0 fully saturated rings. The van der Waals surface area contributed by atoms with Crippen LogP contribution >= 0.6 is 0 Å². The van der Waals surface area contributed by atoms with Crippen LogP contribution in [0, 0.1) is 0 Å². The van der Waals surface area contributed by atoms with E-state index in [0.29, 0.717) is 12.3 Å². The number of aliphatic hydroxyl groups excluding tert-OH is 2. The van der Waals surface area contributed by atoms with Crippen molar-refractivity contribution in [1.82, 2.24) is 0 Å². The SMILES string of the molecule is CCc1ccc(C(C)(C)C)cc1C(CC)CC(O)CO. The van der Waals surface area contributed by atoms with Gasteiger partial charge in [0.05, 0.1) is 12.7 Å². The van der Waals surface area contributed by atoms with Crippen molar-refractivity contribution in [3.8, 4) is 0 Å². The summed E-state index contributed by atoms with van der Waals surface area (Å²) >= 11 is 0. The van der Waals surface area contributed by atoms with E-state index in [1.165, 1.54) is 16.7 Å². The summed E-state index contributed by atoms with van der Waals surface area (Å²) in [6.45, 7) is 10.8. The molecule has 0 aliphatic heterocycles. The second-order valence-electron chi connectivity index (χ2n) is 6.69. The molecule has 1 aromatic rings. The highest BCUT2D eigenvalue weighted by molar-refractivity contribution is 5.37. The summed E-state index contributed by atoms with van der Waals surface area (Å²) in [5, 5.41) is 18.8. The van der Waals surface area contributed by atoms with Crippen LogP contribution in [0.3, 0.4) is 0 Å². The van der Waals surface area contributed by atoms with E-state index in [-0.39, 0.29) is 12.0 Å². The first-order valence-electron chi connectivity index (χ1n) is 7.75. The van der Waals surface area contributed by atoms with Gasteiger partial charge in [0.25, 0.3) is 0 Å². The summed E-state index contributed by atoms with van der Waals surface area (Å²) in [6, 6.07) is 6.75. The van der Waals surface area contributed by atoms with E-state index in [0.717, 1.165) is 12.8 Å². The van der Waals surface area contributed by atoms with Gasteiger partial charge < -0.3 is 10.2 Å². The molecule has 0 saturated heterocycles. The van der Waals surface area contributed by atoms with Crippen LogP contribution in [-0.2, 0) is 11.8 Å². The van der Waals surface area contributed by atoms with Crippen molar-refractivity contribution in [2.24, 2.45) is 0 Å². The van der Waals surface area contributed by atoms with E-state index in [1.807, 2.05) is 0 Å². The standard InChI is InChI=1S/C18H30O2/c1-6-13-8-9-15(18(3,4)5)11-17(13)14(7-2)10-16(20)12-19/h8-9,11,14,16,19-20H,6-7,10,12H2,1-5H3. The van der Waals surface area contributed by atoms with Crippen molar-refractivity contribution in [3.63, 3.8) is 0 Å². The molecule has 1 rings (SSSR count). The van der Waals surface area contributed by atoms with E-state index in [2.05, 4.69) is 52.8 Å². The molecule has 0 bridgehead atoms. The molecule has 0 amide bonds. The molecule has 0 heterocycles. The largest absolute Gasteiger partial charge is 0.394 e. The first-order chi connectivity index (χ1) is 9.33. The van der Waals surface area contributed by atoms with Gasteiger partial charge in [0.15, 0.2) is 0 Å². The molecular weight excluding hydrogens is 248 g/mol. The number of aliphatic hydroxyl groups is 2. The van der Waals surface area contributed by atoms with Crippen LogP contribution in [0.5, 0.6) is 0 Å². The second-order valence-corrected chi connectivity index (χ2v) is 6.69. The molecule has 114 valence electrons. The zero-order valence-electron chi connectivity index (χ0n) is 13.6. The minimum absolute atomic E-state index is 0.134. The normalized spacial score (nSPS) is 15.2. The van der Waals surface area contributed by atoms with Crippen LogP contribution in [-0.4, -0.2) is 22.9 Å². The molecule has 0 aromatic heterocycles. The number of hydrogen-bond acceptors (Lipinski definition) is 2. The number of hydrogen-bond donors (Lipinski definition) is 2. The molecule has 2 unspecified atom stereocenters. The quantitative estimate of drug-likeness (QED) is 0.831. The summed E-state index contributed by atoms with van der Waals surface area (Å²) in [6.07, 6.45) is 2.00. The molecule has 0 spiro atoms. The van der Waals surface area contributed by atoms with Gasteiger partial charge in [-0.25, -0.2) is 0 Å². The van der Waals surface area contributed by atoms with Gasteiger partial charge in [0, 0.05) is 0 Å². The average Bonchev–Trinajstić information content (AvgIpc) is 2.42. The maximum atomic E-state index is 9.76. The van der Waals surface area contributed by atoms with Crippen molar-refractivity contribution in [2.75, 3.05) is 6.61 Å². The molecule has 0 saturated carbocycles. The topological polar surface area (TPSA) is 40.5 Å². The van der Waals surface area contributed by atoms with E-state index < -0.39 is 6.10 Å². The van der Waals surface area contributed by atoms with E-state index in [1.54, 1.807) is 0 Å². The smallest absolute Gasteiger partial charge is 0.0776 e. The Hall–Kier alpha value is -0.860. The minimum atomic E-state index is -0.622. The summed E-state index contributed by atoms with van der Waals surface area (Å²) in [7, 11) is 0. The van der Waals surface area contributed by atoms with Crippen LogP contribution in [0.25, 0.3) is 0 Å². The molecule has 2 atom stereocenters. The number of benzene rings is 1. The van der Waals surface area contributed by atoms with Crippen molar-refractivity contribution in [3.05, 3.63) is 34.9 Å². The van der Waals surface area contributed by atoms with Crippen LogP contribution in [0.4, 0.5) is 0 Å². The molecule has 0 aliphatic carbocycles. The Morgan fingerprint density at radius 2 is 1.80 bits per heavy atom. The summed E-state index contributed by atoms with van der Waals surface area (Å²) in [5.74, 6) is 0.314. The first-order valence-corrected chi connectivity index (χ1v) is 7.75. The Morgan fingerprint density at radius 3 is 2.25 bits per heavy atom. The summed E-state index contributed by atoms with van der Waals surface area (Å²) < 4.78 is 0. The molecule has 2 N–H and O–H groups in total. The third kappa shape index (κ3) is 4.32. The molecule has 0 aliphatic rings. The van der Waals surface area contributed by atoms with E-state index in [4.69, 9.17) is 5.11 Å². The fourth-order valence-corrected chi connectivity index (χ4v) is 2.68. The second kappa shape index (κ2) is 7.24. The van der Waals surface area contributed by atoms with Crippen LogP contribution in [0.15, 0.2) is 18.2 Å². The maximum Gasteiger partial charge on any atom is 0.0776 e. The van der Waals surface area contributed by atoms with Crippen LogP contribution < -0.4 is 0 Å². The van der Waals surface area contributed by atoms with Crippen molar-refractivity contribution in [1.29, 1.82) is 0 Å². The Bertz CT molecular complexity index is 418. The Morgan fingerprint density at radius 1 is 1.15 bits per heavy atom. The van der Waals surface area contributed by atoms with Gasteiger partial charge in [-0.05, 0) is 47.3 Å². The lowest BCUT2D eigenvalue weighted by atomic mass is 9.80. The fraction of sp³-hybridized carbons (Fsp3) is 0.667. The molecule has 1 aromatic carbocycles. The fourth-order valence-electron chi connectivity index (χ4n) is 2.68. The lowest BCUT2D eigenvalue weighted by Gasteiger charge is -2.25. The zero-order chi connectivity index (χ0) is 15.3. The maximum absolute atomic E-state index is 9.76. The van der Waals surface area contributed by atoms with Gasteiger partial charge in [0.1, 0.15) is 0 Å². The van der Waals surface area contributed by atoms with Crippen molar-refractivity contribution < 1.29 is 10.2 Å². The van der Waals surface area contributed by atoms with Gasteiger partial charge in [-0.3, -0.25) is 0 Å². The lowest BCUT2D eigenvalue weighted by molar-refractivity contribution is 0.0817. The Labute approximate surface area is 123 Å². The van der Waals surface area contributed by atoms with Crippen molar-refractivity contribution in [2.45, 2.75) is 71.3 Å². The predicted octanol–water partition coefficient (Wildman–Crippen LogP) is 3.78. The Balaban J connectivity index is 3.17. The summed E-state index contributed by atoms with van der Waals surface area (Å²) in [4.78, 5) is 0. The van der Waals surface area contributed by atoms with Gasteiger partial charge in [-0.15, -0.1) is 0 Å². The molecule has 0 radical (unpaired) electrons. The lowest BCUT2D eigenvalue weighted by Crippen LogP contribution is -2.18. The third-order valence-corrected chi connectivity index (χ3v) is 4.09. The van der Waals surface area contributed by atoms with Crippen LogP contribution in [0.2, 0.25) is 0 Å². The Kier molecular flexibility index (Phi) is 6.22. The average molecular weight is 278 g/mol. The zero-order valence-corrected chi connectivity index (χ0v) is 13.6. The van der Waals surface area contributed by atoms with Crippen LogP contribution in [0.1, 0.15) is 70.1 Å². The first kappa shape index (κ1) is 17.2. The van der Waals surface area contributed by atoms with Gasteiger partial charge in [0.2, 0.25) is 0 Å². The van der Waals surface area contributed by atoms with Crippen molar-refractivity contribution >= 4 is 0 Å².